The SMILES string of the molecule is Cc1ccc(S(=O)(=O)N(CC(=O)N(Cc2ccccc2C)[C@@H](Cc2ccccc2)C(=O)NC(C)C)c2cccc(C(F)(F)F)c2)cc1. The fraction of sp³-hybridized carbons (Fsp3) is 0.278. The van der Waals surface area contributed by atoms with Gasteiger partial charge in [0.15, 0.2) is 0 Å². The summed E-state index contributed by atoms with van der Waals surface area (Å²) in [6.07, 6.45) is -4.64. The number of aryl methyl sites for hydroxylation is 2. The number of hydrogen-bond acceptors (Lipinski definition) is 4. The van der Waals surface area contributed by atoms with Gasteiger partial charge in [0.1, 0.15) is 12.6 Å². The molecule has 0 spiro atoms. The third-order valence-electron chi connectivity index (χ3n) is 7.65. The molecule has 0 heterocycles. The first-order chi connectivity index (χ1) is 22.2. The maximum Gasteiger partial charge on any atom is 0.416 e. The van der Waals surface area contributed by atoms with Crippen molar-refractivity contribution in [3.8, 4) is 0 Å². The highest BCUT2D eigenvalue weighted by Gasteiger charge is 2.36. The Hall–Kier alpha value is -4.64. The Balaban J connectivity index is 1.86. The van der Waals surface area contributed by atoms with E-state index in [1.807, 2.05) is 55.5 Å². The molecule has 11 heteroatoms. The van der Waals surface area contributed by atoms with Crippen LogP contribution in [0.3, 0.4) is 0 Å². The van der Waals surface area contributed by atoms with Crippen molar-refractivity contribution in [1.82, 2.24) is 10.2 Å². The molecular weight excluding hydrogens is 627 g/mol. The molecule has 0 bridgehead atoms. The first-order valence-corrected chi connectivity index (χ1v) is 16.6. The summed E-state index contributed by atoms with van der Waals surface area (Å²) in [4.78, 5) is 29.4. The Morgan fingerprint density at radius 3 is 2.09 bits per heavy atom. The van der Waals surface area contributed by atoms with Gasteiger partial charge in [-0.3, -0.25) is 13.9 Å². The van der Waals surface area contributed by atoms with Crippen LogP contribution in [0, 0.1) is 13.8 Å². The lowest BCUT2D eigenvalue weighted by Gasteiger charge is -2.34. The predicted octanol–water partition coefficient (Wildman–Crippen LogP) is 6.68. The van der Waals surface area contributed by atoms with E-state index in [2.05, 4.69) is 5.32 Å². The molecule has 1 N–H and O–H groups in total. The molecular formula is C36H38F3N3O4S. The number of sulfonamides is 1. The average molecular weight is 666 g/mol. The van der Waals surface area contributed by atoms with Crippen molar-refractivity contribution in [1.29, 1.82) is 0 Å². The van der Waals surface area contributed by atoms with Gasteiger partial charge >= 0.3 is 6.18 Å². The second-order valence-electron chi connectivity index (χ2n) is 11.7. The van der Waals surface area contributed by atoms with Gasteiger partial charge in [-0.1, -0.05) is 78.4 Å². The average Bonchev–Trinajstić information content (AvgIpc) is 3.02. The number of anilines is 1. The Bertz CT molecular complexity index is 1790. The van der Waals surface area contributed by atoms with Crippen molar-refractivity contribution in [3.63, 3.8) is 0 Å². The van der Waals surface area contributed by atoms with Crippen molar-refractivity contribution < 1.29 is 31.2 Å². The van der Waals surface area contributed by atoms with E-state index in [1.54, 1.807) is 39.0 Å². The fourth-order valence-corrected chi connectivity index (χ4v) is 6.52. The Kier molecular flexibility index (Phi) is 11.1. The highest BCUT2D eigenvalue weighted by atomic mass is 32.2. The van der Waals surface area contributed by atoms with E-state index in [4.69, 9.17) is 0 Å². The van der Waals surface area contributed by atoms with Gasteiger partial charge in [0.05, 0.1) is 16.1 Å². The van der Waals surface area contributed by atoms with Gasteiger partial charge in [-0.25, -0.2) is 8.42 Å². The van der Waals surface area contributed by atoms with Crippen LogP contribution in [-0.2, 0) is 38.8 Å². The fourth-order valence-electron chi connectivity index (χ4n) is 5.11. The molecule has 0 aliphatic carbocycles. The summed E-state index contributed by atoms with van der Waals surface area (Å²) in [7, 11) is -4.55. The van der Waals surface area contributed by atoms with E-state index in [1.165, 1.54) is 23.1 Å². The number of benzene rings is 4. The van der Waals surface area contributed by atoms with E-state index in [-0.39, 0.29) is 29.6 Å². The molecule has 248 valence electrons. The van der Waals surface area contributed by atoms with Crippen LogP contribution in [0.5, 0.6) is 0 Å². The molecule has 0 fully saturated rings. The molecule has 0 saturated carbocycles. The minimum Gasteiger partial charge on any atom is -0.352 e. The topological polar surface area (TPSA) is 86.8 Å². The molecule has 0 aliphatic heterocycles. The van der Waals surface area contributed by atoms with Crippen molar-refractivity contribution in [2.45, 2.75) is 63.8 Å². The summed E-state index contributed by atoms with van der Waals surface area (Å²) in [5, 5.41) is 2.88. The molecule has 4 aromatic carbocycles. The van der Waals surface area contributed by atoms with Gasteiger partial charge in [-0.2, -0.15) is 13.2 Å². The highest BCUT2D eigenvalue weighted by Crippen LogP contribution is 2.33. The molecule has 0 radical (unpaired) electrons. The van der Waals surface area contributed by atoms with Gasteiger partial charge in [0.2, 0.25) is 11.8 Å². The molecule has 1 atom stereocenters. The Morgan fingerprint density at radius 2 is 1.47 bits per heavy atom. The van der Waals surface area contributed by atoms with Crippen molar-refractivity contribution in [3.05, 3.63) is 131 Å². The van der Waals surface area contributed by atoms with E-state index >= 15 is 0 Å². The molecule has 0 saturated heterocycles. The monoisotopic (exact) mass is 665 g/mol. The van der Waals surface area contributed by atoms with E-state index in [0.717, 1.165) is 34.4 Å². The molecule has 4 aromatic rings. The van der Waals surface area contributed by atoms with Crippen LogP contribution in [0.25, 0.3) is 0 Å². The lowest BCUT2D eigenvalue weighted by Crippen LogP contribution is -2.54. The van der Waals surface area contributed by atoms with Gasteiger partial charge < -0.3 is 10.2 Å². The number of rotatable bonds is 12. The summed E-state index contributed by atoms with van der Waals surface area (Å²) in [6, 6.07) is 24.7. The quantitative estimate of drug-likeness (QED) is 0.183. The maximum absolute atomic E-state index is 14.5. The number of nitrogens with one attached hydrogen (secondary N) is 1. The first kappa shape index (κ1) is 35.2. The third kappa shape index (κ3) is 9.00. The van der Waals surface area contributed by atoms with Gasteiger partial charge in [-0.15, -0.1) is 0 Å². The molecule has 2 amide bonds. The van der Waals surface area contributed by atoms with Crippen molar-refractivity contribution >= 4 is 27.5 Å². The second kappa shape index (κ2) is 14.8. The Labute approximate surface area is 274 Å². The lowest BCUT2D eigenvalue weighted by molar-refractivity contribution is -0.140. The standard InChI is InChI=1S/C36H38F3N3O4S/c1-25(2)40-35(44)33(21-28-12-6-5-7-13-28)41(23-29-14-9-8-11-27(29)4)34(43)24-42(31-16-10-15-30(22-31)36(37,38)39)47(45,46)32-19-17-26(3)18-20-32/h5-20,22,25,33H,21,23-24H2,1-4H3,(H,40,44)/t33-/m0/s1. The lowest BCUT2D eigenvalue weighted by atomic mass is 10.0. The van der Waals surface area contributed by atoms with Crippen LogP contribution in [0.2, 0.25) is 0 Å². The minimum atomic E-state index is -4.76. The van der Waals surface area contributed by atoms with Crippen LogP contribution >= 0.6 is 0 Å². The number of amides is 2. The zero-order chi connectivity index (χ0) is 34.4. The summed E-state index contributed by atoms with van der Waals surface area (Å²) < 4.78 is 70.3. The van der Waals surface area contributed by atoms with Crippen LogP contribution in [0.4, 0.5) is 18.9 Å². The van der Waals surface area contributed by atoms with Gasteiger partial charge in [0.25, 0.3) is 10.0 Å². The van der Waals surface area contributed by atoms with Crippen molar-refractivity contribution in [2.75, 3.05) is 10.8 Å². The zero-order valence-corrected chi connectivity index (χ0v) is 27.5. The Morgan fingerprint density at radius 1 is 0.830 bits per heavy atom. The van der Waals surface area contributed by atoms with Gasteiger partial charge in [0, 0.05) is 19.0 Å². The third-order valence-corrected chi connectivity index (χ3v) is 9.44. The molecule has 0 aromatic heterocycles. The molecule has 7 nitrogen and oxygen atoms in total. The van der Waals surface area contributed by atoms with Crippen LogP contribution in [0.1, 0.15) is 41.7 Å². The predicted molar refractivity (Wildman–Crippen MR) is 176 cm³/mol. The van der Waals surface area contributed by atoms with Crippen molar-refractivity contribution in [2.24, 2.45) is 0 Å². The van der Waals surface area contributed by atoms with Crippen LogP contribution in [-0.4, -0.2) is 43.8 Å². The summed E-state index contributed by atoms with van der Waals surface area (Å²) in [5.41, 5.74) is 1.70. The largest absolute Gasteiger partial charge is 0.416 e. The first-order valence-electron chi connectivity index (χ1n) is 15.1. The second-order valence-corrected chi connectivity index (χ2v) is 13.6. The summed E-state index contributed by atoms with van der Waals surface area (Å²) in [6.45, 7) is 6.29. The smallest absolute Gasteiger partial charge is 0.352 e. The molecule has 0 unspecified atom stereocenters. The zero-order valence-electron chi connectivity index (χ0n) is 26.7. The van der Waals surface area contributed by atoms with E-state index < -0.39 is 46.2 Å². The van der Waals surface area contributed by atoms with Crippen LogP contribution in [0.15, 0.2) is 108 Å². The summed E-state index contributed by atoms with van der Waals surface area (Å²) >= 11 is 0. The van der Waals surface area contributed by atoms with E-state index in [9.17, 15) is 31.2 Å². The summed E-state index contributed by atoms with van der Waals surface area (Å²) in [5.74, 6) is -1.21. The normalized spacial score (nSPS) is 12.4. The molecule has 47 heavy (non-hydrogen) atoms. The minimum absolute atomic E-state index is 0.0461. The number of carbonyl (C=O) groups excluding carboxylic acids is 2. The number of hydrogen-bond donors (Lipinski definition) is 1. The molecule has 4 rings (SSSR count). The molecule has 0 aliphatic rings. The maximum atomic E-state index is 14.5. The number of carbonyl (C=O) groups is 2. The number of halogens is 3. The van der Waals surface area contributed by atoms with E-state index in [0.29, 0.717) is 10.4 Å². The highest BCUT2D eigenvalue weighted by molar-refractivity contribution is 7.92. The van der Waals surface area contributed by atoms with Gasteiger partial charge in [-0.05, 0) is 74.7 Å². The van der Waals surface area contributed by atoms with Crippen LogP contribution < -0.4 is 9.62 Å². The number of alkyl halides is 3. The number of nitrogens with zero attached hydrogens (tertiary/aromatic N) is 2.